The van der Waals surface area contributed by atoms with Gasteiger partial charge in [-0.3, -0.25) is 18.7 Å². The molecule has 0 amide bonds. The molecule has 2 aliphatic heterocycles. The van der Waals surface area contributed by atoms with Gasteiger partial charge >= 0.3 is 0 Å². The van der Waals surface area contributed by atoms with Crippen molar-refractivity contribution in [1.29, 1.82) is 10.5 Å². The number of aryl methyl sites for hydroxylation is 3. The Kier molecular flexibility index (Phi) is 29.4. The lowest BCUT2D eigenvalue weighted by Gasteiger charge is -2.40. The lowest BCUT2D eigenvalue weighted by atomic mass is 9.79. The molecule has 2 aliphatic rings. The molecular formula is C91H106N6O14P2. The lowest BCUT2D eigenvalue weighted by molar-refractivity contribution is -0.0974. The summed E-state index contributed by atoms with van der Waals surface area (Å²) in [6, 6.07) is 70.6. The van der Waals surface area contributed by atoms with Crippen LogP contribution in [-0.4, -0.2) is 122 Å². The van der Waals surface area contributed by atoms with Gasteiger partial charge in [-0.2, -0.15) is 10.5 Å². The van der Waals surface area contributed by atoms with Crippen LogP contribution < -0.4 is 30.1 Å². The molecule has 8 aromatic carbocycles. The zero-order valence-electron chi connectivity index (χ0n) is 67.4. The number of ether oxygens (including phenoxy) is 8. The van der Waals surface area contributed by atoms with Crippen LogP contribution in [0.5, 0.6) is 23.0 Å². The Morgan fingerprint density at radius 1 is 0.442 bits per heavy atom. The number of methoxy groups -OCH3 is 4. The van der Waals surface area contributed by atoms with Gasteiger partial charge in [-0.1, -0.05) is 145 Å². The second kappa shape index (κ2) is 39.2. The maximum atomic E-state index is 14.3. The van der Waals surface area contributed by atoms with E-state index in [-0.39, 0.29) is 74.6 Å². The van der Waals surface area contributed by atoms with E-state index in [1.54, 1.807) is 37.6 Å². The van der Waals surface area contributed by atoms with E-state index in [0.717, 1.165) is 83.8 Å². The van der Waals surface area contributed by atoms with Crippen LogP contribution >= 0.6 is 17.1 Å². The minimum absolute atomic E-state index is 0.112. The fourth-order valence-corrected chi connectivity index (χ4v) is 18.6. The van der Waals surface area contributed by atoms with E-state index < -0.39 is 65.1 Å². The molecule has 594 valence electrons. The van der Waals surface area contributed by atoms with E-state index in [0.29, 0.717) is 23.6 Å². The molecule has 12 rings (SSSR count). The Morgan fingerprint density at radius 3 is 1.16 bits per heavy atom. The second-order valence-corrected chi connectivity index (χ2v) is 32.3. The zero-order chi connectivity index (χ0) is 80.5. The molecule has 4 heterocycles. The first-order chi connectivity index (χ1) is 54.6. The Labute approximate surface area is 667 Å². The van der Waals surface area contributed by atoms with Crippen LogP contribution in [-0.2, 0) is 48.2 Å². The van der Waals surface area contributed by atoms with Crippen LogP contribution in [0.4, 0.5) is 0 Å². The monoisotopic (exact) mass is 1570 g/mol. The van der Waals surface area contributed by atoms with Gasteiger partial charge in [0.2, 0.25) is 0 Å². The van der Waals surface area contributed by atoms with Gasteiger partial charge < -0.3 is 56.0 Å². The Bertz CT molecular complexity index is 4830. The summed E-state index contributed by atoms with van der Waals surface area (Å²) in [5.74, 6) is 2.88. The van der Waals surface area contributed by atoms with Gasteiger partial charge in [0.25, 0.3) is 28.2 Å². The van der Waals surface area contributed by atoms with Crippen molar-refractivity contribution in [1.82, 2.24) is 18.5 Å². The maximum absolute atomic E-state index is 14.3. The average Bonchev–Trinajstić information content (AvgIpc) is 1.74. The number of nitrogens with zero attached hydrogens (tertiary/aromatic N) is 6. The fourth-order valence-electron chi connectivity index (χ4n) is 15.3. The second-order valence-electron chi connectivity index (χ2n) is 29.4. The van der Waals surface area contributed by atoms with E-state index >= 15 is 0 Å². The van der Waals surface area contributed by atoms with Crippen molar-refractivity contribution in [2.75, 3.05) is 54.9 Å². The van der Waals surface area contributed by atoms with Crippen molar-refractivity contribution in [3.8, 4) is 35.1 Å². The first-order valence-corrected chi connectivity index (χ1v) is 40.9. The summed E-state index contributed by atoms with van der Waals surface area (Å²) < 4.78 is 85.1. The highest BCUT2D eigenvalue weighted by Crippen LogP contribution is 2.52. The van der Waals surface area contributed by atoms with Crippen LogP contribution in [0.2, 0.25) is 0 Å². The molecular weight excluding hydrogens is 1460 g/mol. The third-order valence-electron chi connectivity index (χ3n) is 20.5. The molecule has 0 bridgehead atoms. The molecule has 0 spiro atoms. The molecule has 2 aromatic heterocycles. The van der Waals surface area contributed by atoms with Gasteiger partial charge in [0.1, 0.15) is 58.9 Å². The third-order valence-corrected chi connectivity index (χ3v) is 24.6. The number of rotatable bonds is 34. The highest BCUT2D eigenvalue weighted by atomic mass is 31.2. The molecule has 2 fully saturated rings. The van der Waals surface area contributed by atoms with Gasteiger partial charge in [0.05, 0.1) is 97.4 Å². The van der Waals surface area contributed by atoms with E-state index in [1.165, 1.54) is 0 Å². The molecule has 113 heavy (non-hydrogen) atoms. The Hall–Kier alpha value is -9.18. The topological polar surface area (TPSA) is 209 Å². The van der Waals surface area contributed by atoms with E-state index in [4.69, 9.17) is 56.0 Å². The van der Waals surface area contributed by atoms with Crippen molar-refractivity contribution >= 4 is 38.6 Å². The molecule has 20 nitrogen and oxygen atoms in total. The number of hydrogen-bond acceptors (Lipinski definition) is 18. The highest BCUT2D eigenvalue weighted by Gasteiger charge is 2.50. The fraction of sp³-hybridized carbons (Fsp3) is 0.385. The number of aromatic nitrogens is 2. The predicted octanol–water partition coefficient (Wildman–Crippen LogP) is 18.9. The number of fused-ring (bicyclic) bond motifs is 2. The summed E-state index contributed by atoms with van der Waals surface area (Å²) in [6.07, 6.45) is 1.13. The SMILES string of the molecule is COc1ccc(C(O[C@@H]2C[C@H](n3ccc4cc(C)cc(C)c4c3=O)O[C@@H]2COP(OCCC#N)N(C(C)C)C(C)C)(c2ccccc2)c2ccc(OC)cc2)cc1.COc1ccc(C(O[C@@H]2C[C@H](n3ccc4cc(C)ccc4c3=O)O[C@@H]2COP(OCCC#N)N(C(C)C)C(C)C)(c2ccccc2)c2ccc(OC)cc2)cc1. The first-order valence-electron chi connectivity index (χ1n) is 38.6. The number of nitriles is 2. The Morgan fingerprint density at radius 2 is 0.796 bits per heavy atom. The summed E-state index contributed by atoms with van der Waals surface area (Å²) in [5.41, 5.74) is 5.89. The van der Waals surface area contributed by atoms with Crippen LogP contribution in [0.25, 0.3) is 21.5 Å². The van der Waals surface area contributed by atoms with Crippen molar-refractivity contribution < 1.29 is 56.0 Å². The van der Waals surface area contributed by atoms with Gasteiger partial charge in [0, 0.05) is 54.8 Å². The van der Waals surface area contributed by atoms with Crippen LogP contribution in [0.3, 0.4) is 0 Å². The smallest absolute Gasteiger partial charge is 0.260 e. The molecule has 22 heteroatoms. The lowest BCUT2D eigenvalue weighted by Crippen LogP contribution is -2.41. The van der Waals surface area contributed by atoms with Crippen LogP contribution in [0, 0.1) is 43.4 Å². The summed E-state index contributed by atoms with van der Waals surface area (Å²) in [6.45, 7) is 23.6. The molecule has 0 aliphatic carbocycles. The van der Waals surface area contributed by atoms with Crippen molar-refractivity contribution in [3.05, 3.63) is 283 Å². The van der Waals surface area contributed by atoms with Crippen LogP contribution in [0.1, 0.15) is 144 Å². The van der Waals surface area contributed by atoms with Gasteiger partial charge in [-0.05, 0) is 193 Å². The molecule has 2 saturated heterocycles. The van der Waals surface area contributed by atoms with Gasteiger partial charge in [-0.15, -0.1) is 0 Å². The van der Waals surface area contributed by atoms with Crippen molar-refractivity contribution in [3.63, 3.8) is 0 Å². The quantitative estimate of drug-likeness (QED) is 0.0209. The Balaban J connectivity index is 0.000000223. The molecule has 0 radical (unpaired) electrons. The van der Waals surface area contributed by atoms with E-state index in [1.807, 2.05) is 209 Å². The minimum Gasteiger partial charge on any atom is -0.497 e. The summed E-state index contributed by atoms with van der Waals surface area (Å²) in [7, 11) is 3.43. The minimum atomic E-state index is -1.58. The van der Waals surface area contributed by atoms with E-state index in [9.17, 15) is 20.1 Å². The third kappa shape index (κ3) is 19.4. The summed E-state index contributed by atoms with van der Waals surface area (Å²) in [5, 5.41) is 21.7. The van der Waals surface area contributed by atoms with Crippen LogP contribution in [0.15, 0.2) is 222 Å². The summed E-state index contributed by atoms with van der Waals surface area (Å²) in [4.78, 5) is 28.4. The van der Waals surface area contributed by atoms with E-state index in [2.05, 4.69) is 101 Å². The standard InChI is InChI=1S/C46H54N3O7P.C45H52N3O7P/c1-31(2)49(32(3)4)57(53-26-12-24-47)54-30-42-41(29-43(55-42)48-25-23-35-28-33(5)27-34(6)44(35)45(48)50)56-46(36-13-10-9-11-14-36,37-15-19-39(51-7)20-16-37)38-17-21-40(52-8)22-18-38;1-31(2)48(32(3)4)56(52-27-11-25-46)53-30-42-41(29-43(54-42)47-26-24-34-28-33(5)14-23-40(34)44(47)49)55-45(35-12-9-8-10-13-35,36-15-19-38(50-6)20-16-36)37-17-21-39(51-7)22-18-37/h9-11,13-23,25,27-28,31-32,41-43H,12,26,29-30H2,1-8H3;8-10,12-24,26,28,31-32,41-43H,11,27,29-30H2,1-7H3/t41-,42-,43-,57?;41-,42-,43-,56?/m11/s1. The first kappa shape index (κ1) is 84.7. The maximum Gasteiger partial charge on any atom is 0.260 e. The molecule has 2 unspecified atom stereocenters. The largest absolute Gasteiger partial charge is 0.497 e. The van der Waals surface area contributed by atoms with Gasteiger partial charge in [0.15, 0.2) is 0 Å². The van der Waals surface area contributed by atoms with Crippen molar-refractivity contribution in [2.24, 2.45) is 0 Å². The number of hydrogen-bond donors (Lipinski definition) is 0. The number of benzene rings is 8. The highest BCUT2D eigenvalue weighted by molar-refractivity contribution is 7.44. The molecule has 0 saturated carbocycles. The molecule has 8 atom stereocenters. The molecule has 10 aromatic rings. The van der Waals surface area contributed by atoms with Gasteiger partial charge in [-0.25, -0.2) is 9.34 Å². The number of pyridine rings is 2. The predicted molar refractivity (Wildman–Crippen MR) is 444 cm³/mol. The molecule has 0 N–H and O–H groups in total. The zero-order valence-corrected chi connectivity index (χ0v) is 69.2. The summed E-state index contributed by atoms with van der Waals surface area (Å²) >= 11 is 0. The van der Waals surface area contributed by atoms with Crippen molar-refractivity contribution in [2.45, 2.75) is 174 Å². The normalized spacial score (nSPS) is 17.7. The average molecular weight is 1570 g/mol.